The van der Waals surface area contributed by atoms with Crippen molar-refractivity contribution in [3.05, 3.63) is 0 Å². The summed E-state index contributed by atoms with van der Waals surface area (Å²) >= 11 is 0. The molecule has 0 bridgehead atoms. The number of carbonyl (C=O) groups excluding carboxylic acids is 1. The fraction of sp³-hybridized carbons (Fsp3) is 0.800. The molecule has 0 saturated carbocycles. The molecule has 0 unspecified atom stereocenters. The summed E-state index contributed by atoms with van der Waals surface area (Å²) < 4.78 is 0. The van der Waals surface area contributed by atoms with E-state index in [0.29, 0.717) is 0 Å². The quantitative estimate of drug-likeness (QED) is 0.326. The minimum absolute atomic E-state index is 0. The molecule has 0 atom stereocenters. The first-order valence-corrected chi connectivity index (χ1v) is 2.35. The van der Waals surface area contributed by atoms with Crippen molar-refractivity contribution in [1.29, 1.82) is 0 Å². The summed E-state index contributed by atoms with van der Waals surface area (Å²) in [7, 11) is 0. The monoisotopic (exact) mass is 144 g/mol. The van der Waals surface area contributed by atoms with E-state index in [0.717, 1.165) is 25.5 Å². The molecule has 0 spiro atoms. The normalized spacial score (nSPS) is 6.12. The summed E-state index contributed by atoms with van der Waals surface area (Å²) in [6.07, 6.45) is 3.86. The van der Waals surface area contributed by atoms with Gasteiger partial charge in [-0.25, -0.2) is 0 Å². The Morgan fingerprint density at radius 2 is 2.00 bits per heavy atom. The van der Waals surface area contributed by atoms with E-state index in [9.17, 15) is 4.79 Å². The first-order valence-electron chi connectivity index (χ1n) is 2.35. The third-order valence-electron chi connectivity index (χ3n) is 0.676. The SMILES string of the molecule is CCCCC=O.S.[NaH]. The standard InChI is InChI=1S/C5H10O.Na.H2S.H/c1-2-3-4-5-6;;;/h5H,2-4H2,1H3;;1H2;. The summed E-state index contributed by atoms with van der Waals surface area (Å²) in [5.74, 6) is 0. The molecule has 0 aliphatic rings. The van der Waals surface area contributed by atoms with E-state index < -0.39 is 0 Å². The summed E-state index contributed by atoms with van der Waals surface area (Å²) in [6, 6.07) is 0. The van der Waals surface area contributed by atoms with Gasteiger partial charge in [-0.1, -0.05) is 13.3 Å². The van der Waals surface area contributed by atoms with Gasteiger partial charge in [0.2, 0.25) is 0 Å². The Morgan fingerprint density at radius 3 is 2.12 bits per heavy atom. The Hall–Kier alpha value is 1.02. The van der Waals surface area contributed by atoms with E-state index in [-0.39, 0.29) is 43.1 Å². The molecule has 0 aromatic rings. The molecular weight excluding hydrogens is 131 g/mol. The fourth-order valence-electron chi connectivity index (χ4n) is 0.287. The van der Waals surface area contributed by atoms with Crippen LogP contribution in [0, 0.1) is 0 Å². The zero-order chi connectivity index (χ0) is 4.83. The van der Waals surface area contributed by atoms with Crippen molar-refractivity contribution in [3.8, 4) is 0 Å². The summed E-state index contributed by atoms with van der Waals surface area (Å²) in [4.78, 5) is 9.56. The molecular formula is C5H13NaOS. The van der Waals surface area contributed by atoms with Crippen LogP contribution in [0.25, 0.3) is 0 Å². The van der Waals surface area contributed by atoms with E-state index in [2.05, 4.69) is 6.92 Å². The molecule has 0 radical (unpaired) electrons. The van der Waals surface area contributed by atoms with Gasteiger partial charge in [-0.2, -0.15) is 13.5 Å². The van der Waals surface area contributed by atoms with Gasteiger partial charge < -0.3 is 4.79 Å². The van der Waals surface area contributed by atoms with Gasteiger partial charge in [0.05, 0.1) is 0 Å². The van der Waals surface area contributed by atoms with Crippen LogP contribution in [0.4, 0.5) is 0 Å². The Bertz CT molecular complexity index is 41.4. The van der Waals surface area contributed by atoms with Crippen LogP contribution in [-0.2, 0) is 4.79 Å². The van der Waals surface area contributed by atoms with Crippen LogP contribution >= 0.6 is 13.5 Å². The average Bonchev–Trinajstić information content (AvgIpc) is 1.61. The Kier molecular flexibility index (Phi) is 31.4. The second kappa shape index (κ2) is 15.7. The van der Waals surface area contributed by atoms with E-state index in [1.807, 2.05) is 0 Å². The Morgan fingerprint density at radius 1 is 1.50 bits per heavy atom. The van der Waals surface area contributed by atoms with Crippen molar-refractivity contribution in [2.45, 2.75) is 26.2 Å². The second-order valence-electron chi connectivity index (χ2n) is 1.31. The molecule has 0 amide bonds. The van der Waals surface area contributed by atoms with Gasteiger partial charge in [0, 0.05) is 6.42 Å². The fourth-order valence-corrected chi connectivity index (χ4v) is 0.287. The number of hydrogen-bond acceptors (Lipinski definition) is 1. The van der Waals surface area contributed by atoms with Crippen LogP contribution < -0.4 is 0 Å². The molecule has 0 N–H and O–H groups in total. The van der Waals surface area contributed by atoms with Crippen molar-refractivity contribution in [2.24, 2.45) is 0 Å². The van der Waals surface area contributed by atoms with E-state index in [1.54, 1.807) is 0 Å². The number of hydrogen-bond donors (Lipinski definition) is 0. The first-order chi connectivity index (χ1) is 2.91. The van der Waals surface area contributed by atoms with Gasteiger partial charge in [-0.3, -0.25) is 0 Å². The van der Waals surface area contributed by atoms with Crippen LogP contribution in [-0.4, -0.2) is 35.8 Å². The summed E-state index contributed by atoms with van der Waals surface area (Å²) in [5.41, 5.74) is 0. The zero-order valence-corrected chi connectivity index (χ0v) is 5.61. The molecule has 8 heavy (non-hydrogen) atoms. The molecule has 1 nitrogen and oxygen atoms in total. The zero-order valence-electron chi connectivity index (χ0n) is 4.61. The van der Waals surface area contributed by atoms with Crippen LogP contribution in [0.15, 0.2) is 0 Å². The van der Waals surface area contributed by atoms with Gasteiger partial charge in [0.15, 0.2) is 0 Å². The molecule has 0 rings (SSSR count). The Labute approximate surface area is 80.0 Å². The summed E-state index contributed by atoms with van der Waals surface area (Å²) in [5, 5.41) is 0. The van der Waals surface area contributed by atoms with Gasteiger partial charge in [-0.05, 0) is 6.42 Å². The number of rotatable bonds is 3. The van der Waals surface area contributed by atoms with Crippen molar-refractivity contribution in [3.63, 3.8) is 0 Å². The van der Waals surface area contributed by atoms with E-state index >= 15 is 0 Å². The molecule has 0 fully saturated rings. The predicted octanol–water partition coefficient (Wildman–Crippen LogP) is 0.840. The van der Waals surface area contributed by atoms with Crippen LogP contribution in [0.2, 0.25) is 0 Å². The van der Waals surface area contributed by atoms with Gasteiger partial charge in [-0.15, -0.1) is 0 Å². The molecule has 0 aliphatic carbocycles. The molecule has 0 aliphatic heterocycles. The van der Waals surface area contributed by atoms with Crippen LogP contribution in [0.1, 0.15) is 26.2 Å². The molecule has 46 valence electrons. The molecule has 0 aromatic carbocycles. The maximum absolute atomic E-state index is 9.56. The van der Waals surface area contributed by atoms with Crippen LogP contribution in [0.5, 0.6) is 0 Å². The number of unbranched alkanes of at least 4 members (excludes halogenated alkanes) is 2. The average molecular weight is 144 g/mol. The maximum atomic E-state index is 9.56. The number of aldehydes is 1. The van der Waals surface area contributed by atoms with Crippen molar-refractivity contribution in [2.75, 3.05) is 0 Å². The minimum atomic E-state index is 0. The third kappa shape index (κ3) is 15.7. The third-order valence-corrected chi connectivity index (χ3v) is 0.676. The van der Waals surface area contributed by atoms with E-state index in [4.69, 9.17) is 0 Å². The molecule has 0 saturated heterocycles. The van der Waals surface area contributed by atoms with Crippen LogP contribution in [0.3, 0.4) is 0 Å². The van der Waals surface area contributed by atoms with E-state index in [1.165, 1.54) is 0 Å². The number of carbonyl (C=O) groups is 1. The van der Waals surface area contributed by atoms with Crippen molar-refractivity contribution in [1.82, 2.24) is 0 Å². The molecule has 0 heterocycles. The van der Waals surface area contributed by atoms with Crippen molar-refractivity contribution < 1.29 is 4.79 Å². The van der Waals surface area contributed by atoms with Gasteiger partial charge in [0.1, 0.15) is 6.29 Å². The predicted molar refractivity (Wildman–Crippen MR) is 43.1 cm³/mol. The second-order valence-corrected chi connectivity index (χ2v) is 1.31. The van der Waals surface area contributed by atoms with Crippen molar-refractivity contribution >= 4 is 49.3 Å². The van der Waals surface area contributed by atoms with Gasteiger partial charge >= 0.3 is 29.6 Å². The Balaban J connectivity index is -0.000000125. The summed E-state index contributed by atoms with van der Waals surface area (Å²) in [6.45, 7) is 2.07. The molecule has 3 heteroatoms. The topological polar surface area (TPSA) is 17.1 Å². The first kappa shape index (κ1) is 16.0. The molecule has 0 aromatic heterocycles. The van der Waals surface area contributed by atoms with Gasteiger partial charge in [0.25, 0.3) is 0 Å².